The lowest BCUT2D eigenvalue weighted by Gasteiger charge is -2.27. The summed E-state index contributed by atoms with van der Waals surface area (Å²) in [4.78, 5) is 17.1. The van der Waals surface area contributed by atoms with Crippen molar-refractivity contribution >= 4 is 5.91 Å². The highest BCUT2D eigenvalue weighted by Crippen LogP contribution is 2.25. The van der Waals surface area contributed by atoms with Crippen LogP contribution in [0.3, 0.4) is 0 Å². The predicted octanol–water partition coefficient (Wildman–Crippen LogP) is 1.11. The maximum atomic E-state index is 12.8. The Hall–Kier alpha value is -1.40. The standard InChI is InChI=1S/C16H26N4O2/c1-3-20-13(6-7-17-20)11-19-12-14(22-2)10-15(19)16(21)18-8-4-5-9-18/h6-7,14-15H,3-5,8-12H2,1-2H3/t14-,15-/m0/s1. The average Bonchev–Trinajstić information content (AvgIpc) is 3.27. The van der Waals surface area contributed by atoms with Gasteiger partial charge in [-0.3, -0.25) is 14.4 Å². The first-order valence-electron chi connectivity index (χ1n) is 8.29. The fourth-order valence-electron chi connectivity index (χ4n) is 3.60. The molecular formula is C16H26N4O2. The Kier molecular flexibility index (Phi) is 4.78. The smallest absolute Gasteiger partial charge is 0.240 e. The number of aromatic nitrogens is 2. The van der Waals surface area contributed by atoms with E-state index in [-0.39, 0.29) is 18.1 Å². The largest absolute Gasteiger partial charge is 0.380 e. The van der Waals surface area contributed by atoms with Crippen molar-refractivity contribution in [1.29, 1.82) is 0 Å². The summed E-state index contributed by atoms with van der Waals surface area (Å²) in [7, 11) is 1.74. The number of hydrogen-bond acceptors (Lipinski definition) is 4. The third-order valence-electron chi connectivity index (χ3n) is 4.87. The third kappa shape index (κ3) is 3.03. The van der Waals surface area contributed by atoms with Crippen LogP contribution in [0.1, 0.15) is 31.9 Å². The van der Waals surface area contributed by atoms with Gasteiger partial charge in [-0.25, -0.2) is 0 Å². The number of rotatable bonds is 5. The van der Waals surface area contributed by atoms with E-state index in [0.29, 0.717) is 0 Å². The molecule has 6 nitrogen and oxygen atoms in total. The average molecular weight is 306 g/mol. The second kappa shape index (κ2) is 6.79. The molecule has 1 aromatic heterocycles. The van der Waals surface area contributed by atoms with Gasteiger partial charge in [0, 0.05) is 46.0 Å². The van der Waals surface area contributed by atoms with E-state index in [4.69, 9.17) is 4.74 Å². The molecule has 2 atom stereocenters. The maximum Gasteiger partial charge on any atom is 0.240 e. The first-order chi connectivity index (χ1) is 10.7. The van der Waals surface area contributed by atoms with Crippen LogP contribution in [0.5, 0.6) is 0 Å². The van der Waals surface area contributed by atoms with E-state index in [2.05, 4.69) is 16.9 Å². The summed E-state index contributed by atoms with van der Waals surface area (Å²) in [5, 5.41) is 4.33. The van der Waals surface area contributed by atoms with E-state index in [1.54, 1.807) is 7.11 Å². The van der Waals surface area contributed by atoms with Gasteiger partial charge in [0.05, 0.1) is 17.8 Å². The van der Waals surface area contributed by atoms with Crippen LogP contribution in [0.15, 0.2) is 12.3 Å². The van der Waals surface area contributed by atoms with Crippen LogP contribution in [0.25, 0.3) is 0 Å². The Morgan fingerprint density at radius 1 is 1.41 bits per heavy atom. The summed E-state index contributed by atoms with van der Waals surface area (Å²) in [6, 6.07) is 1.99. The normalized spacial score (nSPS) is 26.0. The summed E-state index contributed by atoms with van der Waals surface area (Å²) in [5.74, 6) is 0.277. The first kappa shape index (κ1) is 15.5. The van der Waals surface area contributed by atoms with Gasteiger partial charge in [0.25, 0.3) is 0 Å². The van der Waals surface area contributed by atoms with Crippen molar-refractivity contribution in [3.8, 4) is 0 Å². The molecule has 0 aromatic carbocycles. The van der Waals surface area contributed by atoms with Gasteiger partial charge in [0.15, 0.2) is 0 Å². The number of ether oxygens (including phenoxy) is 1. The molecule has 0 saturated carbocycles. The van der Waals surface area contributed by atoms with Crippen LogP contribution in [0.4, 0.5) is 0 Å². The van der Waals surface area contributed by atoms with Crippen molar-refractivity contribution in [1.82, 2.24) is 19.6 Å². The Balaban J connectivity index is 1.73. The first-order valence-corrected chi connectivity index (χ1v) is 8.29. The molecule has 1 aromatic rings. The Labute approximate surface area is 132 Å². The molecule has 3 rings (SSSR count). The van der Waals surface area contributed by atoms with E-state index in [1.807, 2.05) is 21.8 Å². The summed E-state index contributed by atoms with van der Waals surface area (Å²) in [6.45, 7) is 6.34. The zero-order valence-electron chi connectivity index (χ0n) is 13.6. The quantitative estimate of drug-likeness (QED) is 0.818. The van der Waals surface area contributed by atoms with Crippen molar-refractivity contribution in [2.75, 3.05) is 26.7 Å². The molecule has 122 valence electrons. The molecule has 3 heterocycles. The summed E-state index contributed by atoms with van der Waals surface area (Å²) >= 11 is 0. The second-order valence-corrected chi connectivity index (χ2v) is 6.21. The summed E-state index contributed by atoms with van der Waals surface area (Å²) in [6.07, 6.45) is 5.05. The lowest BCUT2D eigenvalue weighted by molar-refractivity contribution is -0.135. The van der Waals surface area contributed by atoms with Gasteiger partial charge >= 0.3 is 0 Å². The second-order valence-electron chi connectivity index (χ2n) is 6.21. The summed E-state index contributed by atoms with van der Waals surface area (Å²) in [5.41, 5.74) is 1.17. The topological polar surface area (TPSA) is 50.6 Å². The van der Waals surface area contributed by atoms with Crippen molar-refractivity contribution in [2.24, 2.45) is 0 Å². The fraction of sp³-hybridized carbons (Fsp3) is 0.750. The van der Waals surface area contributed by atoms with Gasteiger partial charge in [-0.15, -0.1) is 0 Å². The van der Waals surface area contributed by atoms with E-state index in [0.717, 1.165) is 52.0 Å². The highest BCUT2D eigenvalue weighted by Gasteiger charge is 2.39. The molecule has 0 bridgehead atoms. The van der Waals surface area contributed by atoms with Gasteiger partial charge in [0.2, 0.25) is 5.91 Å². The van der Waals surface area contributed by atoms with Gasteiger partial charge in [0.1, 0.15) is 0 Å². The van der Waals surface area contributed by atoms with Gasteiger partial charge < -0.3 is 9.64 Å². The zero-order chi connectivity index (χ0) is 15.5. The number of carbonyl (C=O) groups excluding carboxylic acids is 1. The van der Waals surface area contributed by atoms with Crippen molar-refractivity contribution < 1.29 is 9.53 Å². The maximum absolute atomic E-state index is 12.8. The Morgan fingerprint density at radius 3 is 2.86 bits per heavy atom. The molecule has 0 aliphatic carbocycles. The highest BCUT2D eigenvalue weighted by atomic mass is 16.5. The number of aryl methyl sites for hydroxylation is 1. The number of amides is 1. The van der Waals surface area contributed by atoms with Crippen molar-refractivity contribution in [3.05, 3.63) is 18.0 Å². The molecule has 0 unspecified atom stereocenters. The lowest BCUT2D eigenvalue weighted by atomic mass is 10.1. The number of carbonyl (C=O) groups is 1. The van der Waals surface area contributed by atoms with Crippen LogP contribution in [-0.2, 0) is 22.6 Å². The van der Waals surface area contributed by atoms with Crippen LogP contribution in [0, 0.1) is 0 Å². The molecule has 1 amide bonds. The molecule has 6 heteroatoms. The van der Waals surface area contributed by atoms with Gasteiger partial charge in [-0.2, -0.15) is 5.10 Å². The van der Waals surface area contributed by atoms with E-state index in [9.17, 15) is 4.79 Å². The van der Waals surface area contributed by atoms with Crippen molar-refractivity contribution in [3.63, 3.8) is 0 Å². The minimum absolute atomic E-state index is 0.0525. The molecular weight excluding hydrogens is 280 g/mol. The van der Waals surface area contributed by atoms with Crippen molar-refractivity contribution in [2.45, 2.75) is 51.4 Å². The fourth-order valence-corrected chi connectivity index (χ4v) is 3.60. The van der Waals surface area contributed by atoms with Crippen LogP contribution in [0.2, 0.25) is 0 Å². The Morgan fingerprint density at radius 2 is 2.18 bits per heavy atom. The minimum Gasteiger partial charge on any atom is -0.380 e. The number of likely N-dealkylation sites (tertiary alicyclic amines) is 2. The zero-order valence-corrected chi connectivity index (χ0v) is 13.6. The molecule has 0 N–H and O–H groups in total. The highest BCUT2D eigenvalue weighted by molar-refractivity contribution is 5.82. The predicted molar refractivity (Wildman–Crippen MR) is 83.3 cm³/mol. The van der Waals surface area contributed by atoms with E-state index in [1.165, 1.54) is 5.69 Å². The van der Waals surface area contributed by atoms with Crippen LogP contribution < -0.4 is 0 Å². The molecule has 2 aliphatic rings. The van der Waals surface area contributed by atoms with Crippen LogP contribution in [-0.4, -0.2) is 64.4 Å². The van der Waals surface area contributed by atoms with Crippen LogP contribution >= 0.6 is 0 Å². The number of methoxy groups -OCH3 is 1. The van der Waals surface area contributed by atoms with E-state index < -0.39 is 0 Å². The molecule has 0 radical (unpaired) electrons. The molecule has 0 spiro atoms. The van der Waals surface area contributed by atoms with Gasteiger partial charge in [-0.05, 0) is 32.3 Å². The Bertz CT molecular complexity index is 510. The number of hydrogen-bond donors (Lipinski definition) is 0. The van der Waals surface area contributed by atoms with Gasteiger partial charge in [-0.1, -0.05) is 0 Å². The molecule has 2 fully saturated rings. The third-order valence-corrected chi connectivity index (χ3v) is 4.87. The monoisotopic (exact) mass is 306 g/mol. The summed E-state index contributed by atoms with van der Waals surface area (Å²) < 4.78 is 7.52. The lowest BCUT2D eigenvalue weighted by Crippen LogP contribution is -2.44. The molecule has 22 heavy (non-hydrogen) atoms. The SMILES string of the molecule is CCn1nccc1CN1C[C@@H](OC)C[C@H]1C(=O)N1CCCC1. The van der Waals surface area contributed by atoms with E-state index >= 15 is 0 Å². The molecule has 2 saturated heterocycles. The molecule has 2 aliphatic heterocycles. The number of nitrogens with zero attached hydrogens (tertiary/aromatic N) is 4. The minimum atomic E-state index is -0.0525.